The summed E-state index contributed by atoms with van der Waals surface area (Å²) in [5.74, 6) is 0.0818. The van der Waals surface area contributed by atoms with Crippen LogP contribution >= 0.6 is 0 Å². The highest BCUT2D eigenvalue weighted by Gasteiger charge is 2.11. The lowest BCUT2D eigenvalue weighted by atomic mass is 10.1. The molecule has 1 aromatic carbocycles. The van der Waals surface area contributed by atoms with Gasteiger partial charge in [0.15, 0.2) is 0 Å². The van der Waals surface area contributed by atoms with E-state index in [1.165, 1.54) is 0 Å². The molecule has 16 heavy (non-hydrogen) atoms. The Morgan fingerprint density at radius 2 is 2.19 bits per heavy atom. The van der Waals surface area contributed by atoms with Crippen LogP contribution in [0.4, 0.5) is 0 Å². The summed E-state index contributed by atoms with van der Waals surface area (Å²) in [6, 6.07) is 7.76. The highest BCUT2D eigenvalue weighted by atomic mass is 16.2. The van der Waals surface area contributed by atoms with Crippen molar-refractivity contribution in [1.29, 1.82) is 0 Å². The van der Waals surface area contributed by atoms with E-state index in [2.05, 4.69) is 11.9 Å². The number of hydrogen-bond donors (Lipinski definition) is 1. The van der Waals surface area contributed by atoms with Crippen LogP contribution in [0, 0.1) is 0 Å². The first kappa shape index (κ1) is 10.7. The molecule has 2 aromatic rings. The number of aromatic nitrogens is 1. The topological polar surface area (TPSA) is 36.1 Å². The Hall–Kier alpha value is -1.77. The van der Waals surface area contributed by atoms with Gasteiger partial charge >= 0.3 is 0 Å². The van der Waals surface area contributed by atoms with E-state index in [-0.39, 0.29) is 5.91 Å². The van der Waals surface area contributed by atoms with E-state index in [4.69, 9.17) is 0 Å². The van der Waals surface area contributed by atoms with E-state index in [1.807, 2.05) is 37.5 Å². The van der Waals surface area contributed by atoms with Crippen LogP contribution in [0.3, 0.4) is 0 Å². The van der Waals surface area contributed by atoms with Crippen LogP contribution < -0.4 is 0 Å². The van der Waals surface area contributed by atoms with Gasteiger partial charge in [-0.25, -0.2) is 0 Å². The average molecular weight is 216 g/mol. The second kappa shape index (κ2) is 4.39. The number of amides is 1. The minimum absolute atomic E-state index is 0.0818. The molecule has 0 aliphatic rings. The molecule has 1 amide bonds. The zero-order valence-electron chi connectivity index (χ0n) is 9.66. The maximum absolute atomic E-state index is 12.0. The Morgan fingerprint density at radius 1 is 1.38 bits per heavy atom. The standard InChI is InChI=1S/C13H16N2O/c1-3-8-15(2)13(16)11-5-4-10-6-7-14-12(10)9-11/h4-7,9,14H,3,8H2,1-2H3. The fraction of sp³-hybridized carbons (Fsp3) is 0.308. The van der Waals surface area contributed by atoms with Crippen molar-refractivity contribution >= 4 is 16.8 Å². The third kappa shape index (κ3) is 1.94. The number of nitrogens with one attached hydrogen (secondary N) is 1. The molecule has 0 aliphatic heterocycles. The van der Waals surface area contributed by atoms with Gasteiger partial charge in [0.1, 0.15) is 0 Å². The van der Waals surface area contributed by atoms with Gasteiger partial charge in [-0.3, -0.25) is 4.79 Å². The number of carbonyl (C=O) groups excluding carboxylic acids is 1. The lowest BCUT2D eigenvalue weighted by Crippen LogP contribution is -2.27. The molecule has 2 rings (SSSR count). The third-order valence-electron chi connectivity index (χ3n) is 2.71. The number of carbonyl (C=O) groups is 1. The average Bonchev–Trinajstić information content (AvgIpc) is 2.75. The van der Waals surface area contributed by atoms with Gasteiger partial charge in [0.2, 0.25) is 0 Å². The predicted molar refractivity (Wildman–Crippen MR) is 65.6 cm³/mol. The van der Waals surface area contributed by atoms with Gasteiger partial charge in [-0.1, -0.05) is 13.0 Å². The Balaban J connectivity index is 2.28. The molecule has 0 radical (unpaired) electrons. The Bertz CT molecular complexity index is 501. The lowest BCUT2D eigenvalue weighted by Gasteiger charge is -2.15. The number of aromatic amines is 1. The quantitative estimate of drug-likeness (QED) is 0.841. The van der Waals surface area contributed by atoms with Crippen LogP contribution in [-0.4, -0.2) is 29.4 Å². The minimum atomic E-state index is 0.0818. The third-order valence-corrected chi connectivity index (χ3v) is 2.71. The van der Waals surface area contributed by atoms with E-state index in [0.29, 0.717) is 0 Å². The summed E-state index contributed by atoms with van der Waals surface area (Å²) in [5.41, 5.74) is 1.75. The lowest BCUT2D eigenvalue weighted by molar-refractivity contribution is 0.0795. The Labute approximate surface area is 95.1 Å². The van der Waals surface area contributed by atoms with E-state index >= 15 is 0 Å². The van der Waals surface area contributed by atoms with E-state index in [0.717, 1.165) is 29.4 Å². The predicted octanol–water partition coefficient (Wildman–Crippen LogP) is 2.65. The molecule has 0 saturated carbocycles. The highest BCUT2D eigenvalue weighted by molar-refractivity contribution is 5.97. The second-order valence-electron chi connectivity index (χ2n) is 4.01. The summed E-state index contributed by atoms with van der Waals surface area (Å²) in [6.07, 6.45) is 2.86. The van der Waals surface area contributed by atoms with Gasteiger partial charge < -0.3 is 9.88 Å². The van der Waals surface area contributed by atoms with E-state index < -0.39 is 0 Å². The second-order valence-corrected chi connectivity index (χ2v) is 4.01. The minimum Gasteiger partial charge on any atom is -0.361 e. The molecule has 0 saturated heterocycles. The molecule has 1 aromatic heterocycles. The monoisotopic (exact) mass is 216 g/mol. The number of fused-ring (bicyclic) bond motifs is 1. The zero-order valence-corrected chi connectivity index (χ0v) is 9.66. The largest absolute Gasteiger partial charge is 0.361 e. The normalized spacial score (nSPS) is 10.6. The molecular formula is C13H16N2O. The zero-order chi connectivity index (χ0) is 11.5. The molecule has 84 valence electrons. The number of benzene rings is 1. The smallest absolute Gasteiger partial charge is 0.253 e. The van der Waals surface area contributed by atoms with Crippen LogP contribution in [0.1, 0.15) is 23.7 Å². The van der Waals surface area contributed by atoms with Gasteiger partial charge in [-0.15, -0.1) is 0 Å². The highest BCUT2D eigenvalue weighted by Crippen LogP contribution is 2.15. The molecule has 1 N–H and O–H groups in total. The maximum atomic E-state index is 12.0. The van der Waals surface area contributed by atoms with Gasteiger partial charge in [0, 0.05) is 30.9 Å². The summed E-state index contributed by atoms with van der Waals surface area (Å²) in [6.45, 7) is 2.86. The van der Waals surface area contributed by atoms with Gasteiger partial charge in [-0.05, 0) is 30.0 Å². The SMILES string of the molecule is CCCN(C)C(=O)c1ccc2cc[nH]c2c1. The van der Waals surface area contributed by atoms with Crippen LogP contribution in [0.25, 0.3) is 10.9 Å². The molecule has 0 aliphatic carbocycles. The first-order valence-electron chi connectivity index (χ1n) is 5.55. The van der Waals surface area contributed by atoms with Crippen molar-refractivity contribution in [3.05, 3.63) is 36.0 Å². The van der Waals surface area contributed by atoms with Crippen molar-refractivity contribution in [3.63, 3.8) is 0 Å². The molecule has 0 spiro atoms. The fourth-order valence-electron chi connectivity index (χ4n) is 1.84. The van der Waals surface area contributed by atoms with E-state index in [1.54, 1.807) is 4.90 Å². The van der Waals surface area contributed by atoms with Crippen LogP contribution in [0.15, 0.2) is 30.5 Å². The maximum Gasteiger partial charge on any atom is 0.253 e. The van der Waals surface area contributed by atoms with Crippen LogP contribution in [0.2, 0.25) is 0 Å². The van der Waals surface area contributed by atoms with Gasteiger partial charge in [-0.2, -0.15) is 0 Å². The summed E-state index contributed by atoms with van der Waals surface area (Å²) in [7, 11) is 1.84. The number of hydrogen-bond acceptors (Lipinski definition) is 1. The van der Waals surface area contributed by atoms with Crippen molar-refractivity contribution in [2.45, 2.75) is 13.3 Å². The number of rotatable bonds is 3. The summed E-state index contributed by atoms with van der Waals surface area (Å²) in [4.78, 5) is 16.9. The fourth-order valence-corrected chi connectivity index (χ4v) is 1.84. The Kier molecular flexibility index (Phi) is 2.95. The molecular weight excluding hydrogens is 200 g/mol. The van der Waals surface area contributed by atoms with Crippen LogP contribution in [-0.2, 0) is 0 Å². The molecule has 0 atom stereocenters. The molecule has 0 unspecified atom stereocenters. The van der Waals surface area contributed by atoms with Crippen LogP contribution in [0.5, 0.6) is 0 Å². The summed E-state index contributed by atoms with van der Waals surface area (Å²) in [5, 5.41) is 1.13. The first-order chi connectivity index (χ1) is 7.72. The molecule has 3 nitrogen and oxygen atoms in total. The first-order valence-corrected chi connectivity index (χ1v) is 5.55. The van der Waals surface area contributed by atoms with Crippen molar-refractivity contribution in [3.8, 4) is 0 Å². The number of nitrogens with zero attached hydrogens (tertiary/aromatic N) is 1. The van der Waals surface area contributed by atoms with Crippen molar-refractivity contribution in [2.24, 2.45) is 0 Å². The van der Waals surface area contributed by atoms with Gasteiger partial charge in [0.05, 0.1) is 0 Å². The molecule has 0 fully saturated rings. The van der Waals surface area contributed by atoms with Crippen molar-refractivity contribution in [2.75, 3.05) is 13.6 Å². The van der Waals surface area contributed by atoms with Crippen molar-refractivity contribution in [1.82, 2.24) is 9.88 Å². The van der Waals surface area contributed by atoms with Crippen molar-refractivity contribution < 1.29 is 4.79 Å². The van der Waals surface area contributed by atoms with E-state index in [9.17, 15) is 4.79 Å². The number of H-pyrrole nitrogens is 1. The molecule has 1 heterocycles. The van der Waals surface area contributed by atoms with Gasteiger partial charge in [0.25, 0.3) is 5.91 Å². The Morgan fingerprint density at radius 3 is 2.94 bits per heavy atom. The summed E-state index contributed by atoms with van der Waals surface area (Å²) < 4.78 is 0. The molecule has 0 bridgehead atoms. The molecule has 3 heteroatoms. The summed E-state index contributed by atoms with van der Waals surface area (Å²) >= 11 is 0.